The first-order valence-electron chi connectivity index (χ1n) is 9.88. The Morgan fingerprint density at radius 1 is 1.29 bits per heavy atom. The molecule has 0 aliphatic heterocycles. The number of hydrogen-bond donors (Lipinski definition) is 0. The van der Waals surface area contributed by atoms with Crippen LogP contribution in [0.15, 0.2) is 18.2 Å². The highest BCUT2D eigenvalue weighted by molar-refractivity contribution is 7.23. The number of carbonyl (C=O) groups excluding carboxylic acids is 1. The van der Waals surface area contributed by atoms with E-state index >= 15 is 0 Å². The standard InChI is InChI=1S/C21H28ClN5O2S.ClH/c1-13(2)27-16(12-14(3)24-27)20(28)26(11-7-10-25(4)5)21-23-18-17(29-6)9-8-15(22)19(18)30-21;/h8-9,12-13H,7,10-11H2,1-6H3;1H. The van der Waals surface area contributed by atoms with Crippen molar-refractivity contribution < 1.29 is 9.53 Å². The minimum Gasteiger partial charge on any atom is -0.494 e. The molecule has 0 aliphatic carbocycles. The van der Waals surface area contributed by atoms with Gasteiger partial charge < -0.3 is 9.64 Å². The van der Waals surface area contributed by atoms with E-state index in [0.717, 1.165) is 23.4 Å². The number of nitrogens with zero attached hydrogens (tertiary/aromatic N) is 5. The maximum absolute atomic E-state index is 13.6. The summed E-state index contributed by atoms with van der Waals surface area (Å²) >= 11 is 7.81. The highest BCUT2D eigenvalue weighted by Crippen LogP contribution is 2.39. The number of aryl methyl sites for hydroxylation is 1. The average molecular weight is 486 g/mol. The van der Waals surface area contributed by atoms with Gasteiger partial charge in [0.15, 0.2) is 5.13 Å². The summed E-state index contributed by atoms with van der Waals surface area (Å²) in [7, 11) is 5.64. The molecule has 0 N–H and O–H groups in total. The van der Waals surface area contributed by atoms with E-state index in [1.807, 2.05) is 40.9 Å². The Bertz CT molecular complexity index is 1050. The van der Waals surface area contributed by atoms with Crippen molar-refractivity contribution in [2.45, 2.75) is 33.2 Å². The van der Waals surface area contributed by atoms with Gasteiger partial charge in [-0.2, -0.15) is 5.10 Å². The first-order valence-corrected chi connectivity index (χ1v) is 11.1. The molecular weight excluding hydrogens is 457 g/mol. The Hall–Kier alpha value is -1.87. The lowest BCUT2D eigenvalue weighted by molar-refractivity contribution is 0.0974. The number of carbonyl (C=O) groups is 1. The van der Waals surface area contributed by atoms with Gasteiger partial charge in [0, 0.05) is 12.6 Å². The zero-order valence-corrected chi connectivity index (χ0v) is 21.1. The molecule has 31 heavy (non-hydrogen) atoms. The van der Waals surface area contributed by atoms with Gasteiger partial charge in [-0.1, -0.05) is 22.9 Å². The van der Waals surface area contributed by atoms with Gasteiger partial charge in [-0.05, 0) is 66.0 Å². The van der Waals surface area contributed by atoms with E-state index in [-0.39, 0.29) is 24.4 Å². The number of anilines is 1. The fourth-order valence-electron chi connectivity index (χ4n) is 3.26. The first kappa shape index (κ1) is 25.4. The number of ether oxygens (including phenoxy) is 1. The molecule has 0 atom stereocenters. The van der Waals surface area contributed by atoms with Crippen LogP contribution >= 0.6 is 35.3 Å². The molecule has 7 nitrogen and oxygen atoms in total. The van der Waals surface area contributed by atoms with E-state index in [0.29, 0.717) is 33.7 Å². The second-order valence-electron chi connectivity index (χ2n) is 7.75. The molecule has 3 aromatic rings. The summed E-state index contributed by atoms with van der Waals surface area (Å²) in [6.45, 7) is 7.33. The number of hydrogen-bond acceptors (Lipinski definition) is 6. The van der Waals surface area contributed by atoms with Crippen molar-refractivity contribution >= 4 is 56.6 Å². The molecule has 2 aromatic heterocycles. The molecule has 0 fully saturated rings. The largest absolute Gasteiger partial charge is 0.494 e. The number of thiazole rings is 1. The van der Waals surface area contributed by atoms with Crippen LogP contribution in [-0.2, 0) is 0 Å². The van der Waals surface area contributed by atoms with E-state index in [4.69, 9.17) is 21.3 Å². The highest BCUT2D eigenvalue weighted by atomic mass is 35.5. The van der Waals surface area contributed by atoms with Crippen LogP contribution in [0.5, 0.6) is 5.75 Å². The van der Waals surface area contributed by atoms with Crippen LogP contribution in [0.25, 0.3) is 10.2 Å². The van der Waals surface area contributed by atoms with Crippen molar-refractivity contribution in [3.63, 3.8) is 0 Å². The summed E-state index contributed by atoms with van der Waals surface area (Å²) in [5.74, 6) is 0.526. The van der Waals surface area contributed by atoms with Crippen molar-refractivity contribution in [3.8, 4) is 5.75 Å². The Morgan fingerprint density at radius 3 is 2.61 bits per heavy atom. The zero-order valence-electron chi connectivity index (χ0n) is 18.7. The van der Waals surface area contributed by atoms with Crippen LogP contribution < -0.4 is 9.64 Å². The molecule has 0 unspecified atom stereocenters. The van der Waals surface area contributed by atoms with Gasteiger partial charge in [-0.15, -0.1) is 12.4 Å². The fraction of sp³-hybridized carbons (Fsp3) is 0.476. The molecule has 2 heterocycles. The van der Waals surface area contributed by atoms with Gasteiger partial charge in [0.1, 0.15) is 17.0 Å². The molecule has 0 bridgehead atoms. The van der Waals surface area contributed by atoms with Gasteiger partial charge in [-0.25, -0.2) is 4.98 Å². The molecule has 170 valence electrons. The van der Waals surface area contributed by atoms with Gasteiger partial charge in [0.05, 0.1) is 22.5 Å². The number of methoxy groups -OCH3 is 1. The average Bonchev–Trinajstić information content (AvgIpc) is 3.29. The quantitative estimate of drug-likeness (QED) is 0.445. The SMILES string of the molecule is COc1ccc(Cl)c2sc(N(CCCN(C)C)C(=O)c3cc(C)nn3C(C)C)nc12.Cl. The number of aromatic nitrogens is 3. The molecule has 0 radical (unpaired) electrons. The molecule has 0 spiro atoms. The third kappa shape index (κ3) is 5.49. The van der Waals surface area contributed by atoms with Gasteiger partial charge in [0.2, 0.25) is 0 Å². The van der Waals surface area contributed by atoms with Crippen LogP contribution in [0.4, 0.5) is 5.13 Å². The van der Waals surface area contributed by atoms with Gasteiger partial charge in [-0.3, -0.25) is 14.4 Å². The van der Waals surface area contributed by atoms with Crippen molar-refractivity contribution in [2.24, 2.45) is 0 Å². The van der Waals surface area contributed by atoms with E-state index in [9.17, 15) is 4.79 Å². The maximum atomic E-state index is 13.6. The van der Waals surface area contributed by atoms with Crippen LogP contribution in [0.3, 0.4) is 0 Å². The van der Waals surface area contributed by atoms with E-state index in [2.05, 4.69) is 10.00 Å². The molecule has 0 saturated carbocycles. The maximum Gasteiger partial charge on any atom is 0.278 e. The summed E-state index contributed by atoms with van der Waals surface area (Å²) in [5.41, 5.74) is 2.04. The molecule has 1 aromatic carbocycles. The van der Waals surface area contributed by atoms with E-state index in [1.165, 1.54) is 11.3 Å². The Morgan fingerprint density at radius 2 is 2.00 bits per heavy atom. The van der Waals surface area contributed by atoms with E-state index < -0.39 is 0 Å². The number of fused-ring (bicyclic) bond motifs is 1. The zero-order chi connectivity index (χ0) is 22.0. The van der Waals surface area contributed by atoms with Crippen LogP contribution in [0.1, 0.15) is 42.5 Å². The molecule has 0 aliphatic rings. The van der Waals surface area contributed by atoms with Crippen molar-refractivity contribution in [2.75, 3.05) is 39.2 Å². The topological polar surface area (TPSA) is 63.5 Å². The summed E-state index contributed by atoms with van der Waals surface area (Å²) in [4.78, 5) is 22.2. The molecule has 0 saturated heterocycles. The smallest absolute Gasteiger partial charge is 0.278 e. The molecule has 3 rings (SSSR count). The number of halogens is 2. The van der Waals surface area contributed by atoms with Crippen molar-refractivity contribution in [1.82, 2.24) is 19.7 Å². The summed E-state index contributed by atoms with van der Waals surface area (Å²) in [6, 6.07) is 5.50. The van der Waals surface area contributed by atoms with Gasteiger partial charge in [0.25, 0.3) is 5.91 Å². The predicted octanol–water partition coefficient (Wildman–Crippen LogP) is 5.06. The molecule has 1 amide bonds. The Kier molecular flexibility index (Phi) is 8.71. The van der Waals surface area contributed by atoms with Crippen LogP contribution in [0, 0.1) is 6.92 Å². The predicted molar refractivity (Wildman–Crippen MR) is 131 cm³/mol. The van der Waals surface area contributed by atoms with Crippen molar-refractivity contribution in [1.29, 1.82) is 0 Å². The first-order chi connectivity index (χ1) is 14.2. The number of benzene rings is 1. The fourth-order valence-corrected chi connectivity index (χ4v) is 4.54. The summed E-state index contributed by atoms with van der Waals surface area (Å²) in [5, 5.41) is 5.70. The lowest BCUT2D eigenvalue weighted by Gasteiger charge is -2.22. The van der Waals surface area contributed by atoms with Crippen LogP contribution in [0.2, 0.25) is 5.02 Å². The molecule has 10 heteroatoms. The van der Waals surface area contributed by atoms with Gasteiger partial charge >= 0.3 is 0 Å². The summed E-state index contributed by atoms with van der Waals surface area (Å²) < 4.78 is 8.03. The second kappa shape index (κ2) is 10.6. The Labute approximate surface area is 198 Å². The summed E-state index contributed by atoms with van der Waals surface area (Å²) in [6.07, 6.45) is 0.814. The minimum atomic E-state index is -0.114. The highest BCUT2D eigenvalue weighted by Gasteiger charge is 2.26. The van der Waals surface area contributed by atoms with E-state index in [1.54, 1.807) is 28.8 Å². The third-order valence-corrected chi connectivity index (χ3v) is 6.24. The lowest BCUT2D eigenvalue weighted by Crippen LogP contribution is -2.35. The second-order valence-corrected chi connectivity index (χ2v) is 9.13. The minimum absolute atomic E-state index is 0. The monoisotopic (exact) mass is 485 g/mol. The molecular formula is C21H29Cl2N5O2S. The number of rotatable bonds is 8. The lowest BCUT2D eigenvalue weighted by atomic mass is 10.3. The number of amides is 1. The third-order valence-electron chi connectivity index (χ3n) is 4.70. The van der Waals surface area contributed by atoms with Crippen LogP contribution in [-0.4, -0.2) is 59.9 Å². The normalized spacial score (nSPS) is 11.3. The van der Waals surface area contributed by atoms with Crippen molar-refractivity contribution in [3.05, 3.63) is 34.6 Å². The Balaban J connectivity index is 0.00000341.